The fourth-order valence-corrected chi connectivity index (χ4v) is 4.85. The molecule has 36 heavy (non-hydrogen) atoms. The molecule has 0 N–H and O–H groups in total. The highest BCUT2D eigenvalue weighted by molar-refractivity contribution is 5.82. The van der Waals surface area contributed by atoms with Gasteiger partial charge in [-0.15, -0.1) is 0 Å². The first-order valence-corrected chi connectivity index (χ1v) is 11.9. The van der Waals surface area contributed by atoms with E-state index in [2.05, 4.69) is 9.97 Å². The average molecular weight is 498 g/mol. The highest BCUT2D eigenvalue weighted by Gasteiger charge is 2.33. The third-order valence-corrected chi connectivity index (χ3v) is 7.00. The minimum atomic E-state index is -4.43. The Kier molecular flexibility index (Phi) is 6.77. The van der Waals surface area contributed by atoms with Gasteiger partial charge in [0.15, 0.2) is 5.49 Å². The number of hydrogen-bond acceptors (Lipinski definition) is 4. The van der Waals surface area contributed by atoms with Crippen molar-refractivity contribution in [2.75, 3.05) is 6.54 Å². The van der Waals surface area contributed by atoms with Crippen LogP contribution in [-0.2, 0) is 18.0 Å². The monoisotopic (exact) mass is 497 g/mol. The normalized spacial score (nSPS) is 17.9. The minimum Gasteiger partial charge on any atom is -0.336 e. The Balaban J connectivity index is 1.84. The van der Waals surface area contributed by atoms with Crippen molar-refractivity contribution >= 4 is 22.4 Å². The lowest BCUT2D eigenvalue weighted by molar-refractivity contribution is -0.138. The van der Waals surface area contributed by atoms with Crippen molar-refractivity contribution in [2.45, 2.75) is 59.3 Å². The van der Waals surface area contributed by atoms with Crippen LogP contribution in [0.1, 0.15) is 61.4 Å². The summed E-state index contributed by atoms with van der Waals surface area (Å²) in [6.45, 7) is 9.22. The molecule has 1 amide bonds. The van der Waals surface area contributed by atoms with Crippen LogP contribution >= 0.6 is 0 Å². The highest BCUT2D eigenvalue weighted by Crippen LogP contribution is 2.35. The lowest BCUT2D eigenvalue weighted by Crippen LogP contribution is -2.39. The quantitative estimate of drug-likeness (QED) is 0.494. The van der Waals surface area contributed by atoms with E-state index in [-0.39, 0.29) is 17.5 Å². The van der Waals surface area contributed by atoms with Gasteiger partial charge in [-0.2, -0.15) is 13.2 Å². The third kappa shape index (κ3) is 4.79. The molecular weight excluding hydrogens is 467 g/mol. The van der Waals surface area contributed by atoms with E-state index in [9.17, 15) is 18.0 Å². The topological polar surface area (TPSA) is 63.4 Å². The predicted molar refractivity (Wildman–Crippen MR) is 133 cm³/mol. The molecule has 3 heterocycles. The summed E-state index contributed by atoms with van der Waals surface area (Å²) >= 11 is 0. The molecule has 1 aliphatic rings. The second-order valence-corrected chi connectivity index (χ2v) is 9.40. The predicted octanol–water partition coefficient (Wildman–Crippen LogP) is 5.29. The van der Waals surface area contributed by atoms with E-state index < -0.39 is 17.8 Å². The number of halogens is 3. The zero-order valence-corrected chi connectivity index (χ0v) is 21.3. The smallest absolute Gasteiger partial charge is 0.336 e. The fraction of sp³-hybridized carbons (Fsp3) is 0.407. The van der Waals surface area contributed by atoms with Crippen LogP contribution in [0.3, 0.4) is 0 Å². The van der Waals surface area contributed by atoms with Gasteiger partial charge in [0.05, 0.1) is 29.0 Å². The van der Waals surface area contributed by atoms with Crippen LogP contribution in [-0.4, -0.2) is 37.9 Å². The summed E-state index contributed by atoms with van der Waals surface area (Å²) in [5.41, 5.74) is 3.13. The van der Waals surface area contributed by atoms with Gasteiger partial charge >= 0.3 is 6.18 Å². The summed E-state index contributed by atoms with van der Waals surface area (Å²) in [7, 11) is 1.89. The van der Waals surface area contributed by atoms with Crippen molar-refractivity contribution in [3.05, 3.63) is 70.2 Å². The number of amides is 1. The number of hydrogen-bond donors (Lipinski definition) is 0. The summed E-state index contributed by atoms with van der Waals surface area (Å²) < 4.78 is 42.3. The number of carbonyl (C=O) groups excluding carboxylic acids is 1. The molecule has 0 saturated carbocycles. The molecule has 0 aliphatic carbocycles. The molecule has 4 rings (SSSR count). The molecule has 3 aromatic rings. The van der Waals surface area contributed by atoms with Gasteiger partial charge in [0, 0.05) is 31.9 Å². The summed E-state index contributed by atoms with van der Waals surface area (Å²) in [5, 5.41) is 0.770. The second-order valence-electron chi connectivity index (χ2n) is 9.40. The zero-order valence-electron chi connectivity index (χ0n) is 21.3. The van der Waals surface area contributed by atoms with Crippen molar-refractivity contribution < 1.29 is 18.0 Å². The maximum absolute atomic E-state index is 13.5. The van der Waals surface area contributed by atoms with Crippen LogP contribution in [0.2, 0.25) is 0 Å². The fourth-order valence-electron chi connectivity index (χ4n) is 4.85. The van der Waals surface area contributed by atoms with Crippen molar-refractivity contribution in [3.8, 4) is 0 Å². The molecular formula is C27H30F3N5O. The van der Waals surface area contributed by atoms with E-state index in [0.717, 1.165) is 28.2 Å². The summed E-state index contributed by atoms with van der Waals surface area (Å²) in [6, 6.07) is 5.65. The van der Waals surface area contributed by atoms with Crippen LogP contribution in [0.5, 0.6) is 0 Å². The molecule has 9 heteroatoms. The van der Waals surface area contributed by atoms with E-state index in [1.165, 1.54) is 13.0 Å². The SMILES string of the molecule is CC(=O)N1CC=C(c2cc3/c(=N/[C@H](C)c4cccc(C(F)(F)F)c4C)nc(C)n(C)c3cn2)CC1C. The van der Waals surface area contributed by atoms with E-state index >= 15 is 0 Å². The van der Waals surface area contributed by atoms with Crippen molar-refractivity contribution in [3.63, 3.8) is 0 Å². The Morgan fingerprint density at radius 1 is 1.25 bits per heavy atom. The van der Waals surface area contributed by atoms with E-state index in [4.69, 9.17) is 4.99 Å². The van der Waals surface area contributed by atoms with Crippen molar-refractivity contribution in [2.24, 2.45) is 12.0 Å². The summed E-state index contributed by atoms with van der Waals surface area (Å²) in [4.78, 5) is 27.8. The number of aryl methyl sites for hydroxylation is 2. The molecule has 1 unspecified atom stereocenters. The lowest BCUT2D eigenvalue weighted by Gasteiger charge is -2.32. The second kappa shape index (κ2) is 9.52. The summed E-state index contributed by atoms with van der Waals surface area (Å²) in [5.74, 6) is 0.752. The van der Waals surface area contributed by atoms with Crippen LogP contribution < -0.4 is 5.49 Å². The first-order valence-electron chi connectivity index (χ1n) is 11.9. The van der Waals surface area contributed by atoms with Crippen molar-refractivity contribution in [1.82, 2.24) is 19.4 Å². The van der Waals surface area contributed by atoms with Gasteiger partial charge in [0.2, 0.25) is 5.91 Å². The van der Waals surface area contributed by atoms with Gasteiger partial charge in [-0.1, -0.05) is 18.2 Å². The number of fused-ring (bicyclic) bond motifs is 1. The molecule has 0 fully saturated rings. The lowest BCUT2D eigenvalue weighted by atomic mass is 9.97. The molecule has 2 aromatic heterocycles. The number of aromatic nitrogens is 3. The molecule has 1 aliphatic heterocycles. The maximum atomic E-state index is 13.5. The van der Waals surface area contributed by atoms with Crippen LogP contribution in [0.4, 0.5) is 13.2 Å². The molecule has 190 valence electrons. The zero-order chi connectivity index (χ0) is 26.4. The number of benzene rings is 1. The largest absolute Gasteiger partial charge is 0.416 e. The maximum Gasteiger partial charge on any atom is 0.416 e. The Bertz CT molecular complexity index is 1440. The third-order valence-electron chi connectivity index (χ3n) is 7.00. The van der Waals surface area contributed by atoms with Crippen molar-refractivity contribution in [1.29, 1.82) is 0 Å². The number of rotatable bonds is 3. The molecule has 0 radical (unpaired) electrons. The molecule has 0 spiro atoms. The molecule has 1 aromatic carbocycles. The standard InChI is InChI=1S/C27H30F3N5O/c1-15-12-20(10-11-35(15)19(5)36)24-13-22-25(14-31-24)34(6)18(4)33-26(22)32-17(3)21-8-7-9-23(16(21)2)27(28,29)30/h7-10,13-15,17H,11-12H2,1-6H3/b32-26-/t15?,17-/m1/s1. The van der Waals surface area contributed by atoms with Gasteiger partial charge < -0.3 is 9.47 Å². The Morgan fingerprint density at radius 3 is 2.61 bits per heavy atom. The highest BCUT2D eigenvalue weighted by atomic mass is 19.4. The Hall–Kier alpha value is -3.49. The molecule has 0 bridgehead atoms. The van der Waals surface area contributed by atoms with Gasteiger partial charge in [-0.25, -0.2) is 4.98 Å². The van der Waals surface area contributed by atoms with Crippen LogP contribution in [0, 0.1) is 13.8 Å². The van der Waals surface area contributed by atoms with E-state index in [0.29, 0.717) is 29.8 Å². The van der Waals surface area contributed by atoms with Crippen LogP contribution in [0.25, 0.3) is 16.5 Å². The average Bonchev–Trinajstić information content (AvgIpc) is 2.81. The van der Waals surface area contributed by atoms with Crippen LogP contribution in [0.15, 0.2) is 41.5 Å². The molecule has 6 nitrogen and oxygen atoms in total. The van der Waals surface area contributed by atoms with Gasteiger partial charge in [-0.05, 0) is 62.9 Å². The summed E-state index contributed by atoms with van der Waals surface area (Å²) in [6.07, 6.45) is 0.0467. The Morgan fingerprint density at radius 2 is 1.97 bits per heavy atom. The van der Waals surface area contributed by atoms with E-state index in [1.54, 1.807) is 26.1 Å². The number of nitrogens with zero attached hydrogens (tertiary/aromatic N) is 5. The molecule has 2 atom stereocenters. The van der Waals surface area contributed by atoms with Gasteiger partial charge in [-0.3, -0.25) is 14.8 Å². The number of alkyl halides is 3. The number of carbonyl (C=O) groups is 1. The minimum absolute atomic E-state index is 0.0379. The Labute approximate surface area is 208 Å². The first-order chi connectivity index (χ1) is 16.9. The first kappa shape index (κ1) is 25.6. The van der Waals surface area contributed by atoms with Gasteiger partial charge in [0.1, 0.15) is 5.82 Å². The van der Waals surface area contributed by atoms with Gasteiger partial charge in [0.25, 0.3) is 0 Å². The molecule has 0 saturated heterocycles. The van der Waals surface area contributed by atoms with E-state index in [1.807, 2.05) is 42.5 Å². The number of pyridine rings is 1.